The predicted octanol–water partition coefficient (Wildman–Crippen LogP) is 9.40. The highest BCUT2D eigenvalue weighted by molar-refractivity contribution is 5.55. The van der Waals surface area contributed by atoms with Crippen molar-refractivity contribution in [1.29, 1.82) is 0 Å². The lowest BCUT2D eigenvalue weighted by Crippen LogP contribution is -1.81. The maximum absolute atomic E-state index is 8.56. The number of unbranched alkanes of at least 4 members (excludes halogenated alkanes) is 10. The first-order valence-corrected chi connectivity index (χ1v) is 15.6. The van der Waals surface area contributed by atoms with Gasteiger partial charge in [-0.25, -0.2) is 57.5 Å². The van der Waals surface area contributed by atoms with Crippen LogP contribution < -0.4 is 0 Å². The van der Waals surface area contributed by atoms with Gasteiger partial charge in [0, 0.05) is 0 Å². The van der Waals surface area contributed by atoms with Gasteiger partial charge in [0.05, 0.1) is 0 Å². The third-order valence-corrected chi connectivity index (χ3v) is 2.91. The molecule has 388 valence electrons. The van der Waals surface area contributed by atoms with E-state index in [1.165, 1.54) is 77.0 Å². The van der Waals surface area contributed by atoms with Gasteiger partial charge in [-0.15, -0.1) is 0 Å². The standard InChI is InChI=1S/2C8H18.12CH2O3/c2*1-3-5-7-8-6-4-2;12*2-1(3)4/h2*3-8H2,1-2H3;12*(H2,2,3,4). The van der Waals surface area contributed by atoms with Crippen LogP contribution in [0, 0.1) is 0 Å². The maximum atomic E-state index is 8.56. The minimum atomic E-state index is -1.83. The summed E-state index contributed by atoms with van der Waals surface area (Å²) in [6, 6.07) is 0. The maximum Gasteiger partial charge on any atom is 0.503 e. The molecule has 0 heterocycles. The minimum Gasteiger partial charge on any atom is -0.450 e. The van der Waals surface area contributed by atoms with Crippen LogP contribution in [0.4, 0.5) is 57.5 Å². The predicted molar refractivity (Wildman–Crippen MR) is 206 cm³/mol. The summed E-state index contributed by atoms with van der Waals surface area (Å²) >= 11 is 0. The van der Waals surface area contributed by atoms with Crippen molar-refractivity contribution in [2.45, 2.75) is 105 Å². The molecule has 0 aromatic heterocycles. The Morgan fingerprint density at radius 1 is 0.172 bits per heavy atom. The largest absolute Gasteiger partial charge is 0.503 e. The molecule has 0 atom stereocenters. The molecule has 0 saturated heterocycles. The van der Waals surface area contributed by atoms with Gasteiger partial charge >= 0.3 is 73.9 Å². The molecule has 64 heavy (non-hydrogen) atoms. The van der Waals surface area contributed by atoms with E-state index < -0.39 is 73.9 Å². The van der Waals surface area contributed by atoms with Gasteiger partial charge in [-0.05, 0) is 0 Å². The van der Waals surface area contributed by atoms with Gasteiger partial charge in [0.2, 0.25) is 0 Å². The molecule has 24 N–H and O–H groups in total. The third-order valence-electron chi connectivity index (χ3n) is 2.91. The Morgan fingerprint density at radius 2 is 0.219 bits per heavy atom. The highest BCUT2D eigenvalue weighted by Crippen LogP contribution is 2.04. The molecule has 36 nitrogen and oxygen atoms in total. The molecule has 0 fully saturated rings. The Bertz CT molecular complexity index is 759. The van der Waals surface area contributed by atoms with Crippen molar-refractivity contribution in [2.24, 2.45) is 0 Å². The van der Waals surface area contributed by atoms with E-state index in [1.54, 1.807) is 0 Å². The monoisotopic (exact) mass is 972 g/mol. The number of carbonyl (C=O) groups is 12. The van der Waals surface area contributed by atoms with Crippen LogP contribution in [-0.4, -0.2) is 196 Å². The summed E-state index contributed by atoms with van der Waals surface area (Å²) in [5.74, 6) is 0. The second-order valence-electron chi connectivity index (χ2n) is 8.22. The summed E-state index contributed by atoms with van der Waals surface area (Å²) in [7, 11) is 0. The van der Waals surface area contributed by atoms with Crippen LogP contribution in [0.2, 0.25) is 0 Å². The van der Waals surface area contributed by atoms with E-state index in [2.05, 4.69) is 27.7 Å². The number of carboxylic acid groups (broad SMARTS) is 24. The third kappa shape index (κ3) is 94500. The van der Waals surface area contributed by atoms with Crippen LogP contribution in [0.25, 0.3) is 0 Å². The summed E-state index contributed by atoms with van der Waals surface area (Å²) in [4.78, 5) is 103. The highest BCUT2D eigenvalue weighted by Gasteiger charge is 1.84. The Kier molecular flexibility index (Phi) is 149. The average Bonchev–Trinajstić information content (AvgIpc) is 2.99. The SMILES string of the molecule is CCCCCCCC.CCCCCCCC.O=C(O)O.O=C(O)O.O=C(O)O.O=C(O)O.O=C(O)O.O=C(O)O.O=C(O)O.O=C(O)O.O=C(O)O.O=C(O)O.O=C(O)O.O=C(O)O. The van der Waals surface area contributed by atoms with Crippen LogP contribution in [0.15, 0.2) is 0 Å². The van der Waals surface area contributed by atoms with Crippen LogP contribution in [0.3, 0.4) is 0 Å². The van der Waals surface area contributed by atoms with E-state index in [9.17, 15) is 0 Å². The van der Waals surface area contributed by atoms with Crippen LogP contribution in [-0.2, 0) is 0 Å². The van der Waals surface area contributed by atoms with Gasteiger partial charge in [0.1, 0.15) is 0 Å². The molecule has 0 unspecified atom stereocenters. The molecule has 0 spiro atoms. The summed E-state index contributed by atoms with van der Waals surface area (Å²) in [6.07, 6.45) is -5.02. The number of rotatable bonds is 10. The second kappa shape index (κ2) is 99.8. The molecule has 0 aromatic rings. The molecule has 0 aromatic carbocycles. The second-order valence-corrected chi connectivity index (χ2v) is 8.22. The van der Waals surface area contributed by atoms with E-state index in [-0.39, 0.29) is 0 Å². The van der Waals surface area contributed by atoms with E-state index in [0.29, 0.717) is 0 Å². The van der Waals surface area contributed by atoms with Crippen molar-refractivity contribution < 1.29 is 180 Å². The molecule has 0 radical (unpaired) electrons. The summed E-state index contributed by atoms with van der Waals surface area (Å²) in [5.41, 5.74) is 0. The Labute approximate surface area is 359 Å². The molecular formula is C28H60O36. The van der Waals surface area contributed by atoms with Crippen LogP contribution in [0.1, 0.15) is 105 Å². The first-order valence-electron chi connectivity index (χ1n) is 15.6. The molecule has 0 saturated carbocycles. The topological polar surface area (TPSA) is 690 Å². The number of hydrogen-bond donors (Lipinski definition) is 24. The van der Waals surface area contributed by atoms with Crippen molar-refractivity contribution in [1.82, 2.24) is 0 Å². The van der Waals surface area contributed by atoms with E-state index in [1.807, 2.05) is 0 Å². The number of hydrogen-bond acceptors (Lipinski definition) is 12. The van der Waals surface area contributed by atoms with Gasteiger partial charge in [0.25, 0.3) is 0 Å². The van der Waals surface area contributed by atoms with Gasteiger partial charge in [-0.1, -0.05) is 105 Å². The Morgan fingerprint density at radius 3 is 0.250 bits per heavy atom. The van der Waals surface area contributed by atoms with Crippen molar-refractivity contribution in [3.05, 3.63) is 0 Å². The molecular weight excluding hydrogens is 912 g/mol. The average molecular weight is 973 g/mol. The molecule has 0 aliphatic carbocycles. The fourth-order valence-electron chi connectivity index (χ4n) is 1.71. The summed E-state index contributed by atoms with van der Waals surface area (Å²) < 4.78 is 0. The quantitative estimate of drug-likeness (QED) is 0.0906. The molecule has 0 bridgehead atoms. The van der Waals surface area contributed by atoms with Gasteiger partial charge in [-0.2, -0.15) is 0 Å². The first kappa shape index (κ1) is 95.6. The molecule has 0 rings (SSSR count). The van der Waals surface area contributed by atoms with Crippen LogP contribution in [0.5, 0.6) is 0 Å². The zero-order valence-electron chi connectivity index (χ0n) is 34.1. The molecule has 0 amide bonds. The zero-order valence-corrected chi connectivity index (χ0v) is 34.1. The summed E-state index contributed by atoms with van der Waals surface area (Å²) in [6.45, 7) is 9.02. The zero-order chi connectivity index (χ0) is 55.4. The lowest BCUT2D eigenvalue weighted by molar-refractivity contribution is 0.135. The highest BCUT2D eigenvalue weighted by atomic mass is 16.6. The molecule has 0 aliphatic rings. The summed E-state index contributed by atoms with van der Waals surface area (Å²) in [5, 5.41) is 167. The van der Waals surface area contributed by atoms with Gasteiger partial charge in [-0.3, -0.25) is 0 Å². The van der Waals surface area contributed by atoms with Crippen molar-refractivity contribution in [2.75, 3.05) is 0 Å². The normalized spacial score (nSPS) is 6.94. The Hall–Kier alpha value is -8.76. The molecule has 36 heteroatoms. The smallest absolute Gasteiger partial charge is 0.450 e. The van der Waals surface area contributed by atoms with Crippen LogP contribution >= 0.6 is 0 Å². The fraction of sp³-hybridized carbons (Fsp3) is 0.571. The first-order chi connectivity index (χ1) is 28.6. The van der Waals surface area contributed by atoms with Crippen molar-refractivity contribution in [3.8, 4) is 0 Å². The van der Waals surface area contributed by atoms with E-state index in [4.69, 9.17) is 180 Å². The van der Waals surface area contributed by atoms with E-state index >= 15 is 0 Å². The van der Waals surface area contributed by atoms with Crippen molar-refractivity contribution >= 4 is 73.9 Å². The Balaban J connectivity index is -0.0000000354. The lowest BCUT2D eigenvalue weighted by atomic mass is 10.1. The van der Waals surface area contributed by atoms with Crippen molar-refractivity contribution in [3.63, 3.8) is 0 Å². The van der Waals surface area contributed by atoms with Gasteiger partial charge < -0.3 is 123 Å². The molecule has 0 aliphatic heterocycles. The lowest BCUT2D eigenvalue weighted by Gasteiger charge is -1.93. The minimum absolute atomic E-state index is 1.36. The van der Waals surface area contributed by atoms with Gasteiger partial charge in [0.15, 0.2) is 0 Å². The fourth-order valence-corrected chi connectivity index (χ4v) is 1.71. The van der Waals surface area contributed by atoms with E-state index in [0.717, 1.165) is 0 Å².